The summed E-state index contributed by atoms with van der Waals surface area (Å²) in [5.41, 5.74) is 0.246. The van der Waals surface area contributed by atoms with Crippen molar-refractivity contribution in [3.8, 4) is 0 Å². The molecular weight excluding hydrogens is 262 g/mol. The Morgan fingerprint density at radius 2 is 2.20 bits per heavy atom. The molecule has 1 aromatic heterocycles. The lowest BCUT2D eigenvalue weighted by molar-refractivity contribution is -0.143. The van der Waals surface area contributed by atoms with E-state index in [0.29, 0.717) is 4.47 Å². The van der Waals surface area contributed by atoms with Crippen LogP contribution in [0.25, 0.3) is 0 Å². The number of aromatic nitrogens is 1. The van der Waals surface area contributed by atoms with Gasteiger partial charge in [0.25, 0.3) is 0 Å². The summed E-state index contributed by atoms with van der Waals surface area (Å²) in [6.07, 6.45) is 1.50. The second-order valence-electron chi connectivity index (χ2n) is 2.94. The minimum atomic E-state index is -0.832. The summed E-state index contributed by atoms with van der Waals surface area (Å²) in [7, 11) is 1.25. The van der Waals surface area contributed by atoms with Crippen LogP contribution in [0.4, 0.5) is 0 Å². The van der Waals surface area contributed by atoms with Gasteiger partial charge in [-0.3, -0.25) is 14.6 Å². The number of ether oxygens (including phenoxy) is 1. The Morgan fingerprint density at radius 3 is 2.73 bits per heavy atom. The van der Waals surface area contributed by atoms with E-state index in [1.807, 2.05) is 0 Å². The Morgan fingerprint density at radius 1 is 1.53 bits per heavy atom. The van der Waals surface area contributed by atoms with Gasteiger partial charge in [0.15, 0.2) is 5.78 Å². The van der Waals surface area contributed by atoms with Gasteiger partial charge >= 0.3 is 5.97 Å². The van der Waals surface area contributed by atoms with E-state index in [-0.39, 0.29) is 11.5 Å². The van der Waals surface area contributed by atoms with Gasteiger partial charge in [-0.15, -0.1) is 0 Å². The molecule has 0 N–H and O–H groups in total. The van der Waals surface area contributed by atoms with Gasteiger partial charge in [-0.25, -0.2) is 0 Å². The zero-order valence-electron chi connectivity index (χ0n) is 8.36. The van der Waals surface area contributed by atoms with Crippen molar-refractivity contribution in [3.05, 3.63) is 28.5 Å². The van der Waals surface area contributed by atoms with Crippen molar-refractivity contribution >= 4 is 27.7 Å². The van der Waals surface area contributed by atoms with Gasteiger partial charge in [-0.05, 0) is 35.0 Å². The molecule has 0 aromatic carbocycles. The first-order valence-electron chi connectivity index (χ1n) is 4.30. The quantitative estimate of drug-likeness (QED) is 0.478. The molecule has 1 aromatic rings. The minimum absolute atomic E-state index is 0.246. The van der Waals surface area contributed by atoms with Gasteiger partial charge in [0.2, 0.25) is 0 Å². The Kier molecular flexibility index (Phi) is 3.96. The zero-order valence-corrected chi connectivity index (χ0v) is 9.95. The summed E-state index contributed by atoms with van der Waals surface area (Å²) < 4.78 is 5.07. The van der Waals surface area contributed by atoms with Gasteiger partial charge < -0.3 is 4.74 Å². The average Bonchev–Trinajstić information content (AvgIpc) is 2.26. The minimum Gasteiger partial charge on any atom is -0.468 e. The van der Waals surface area contributed by atoms with Crippen LogP contribution < -0.4 is 0 Å². The highest BCUT2D eigenvalue weighted by Gasteiger charge is 2.25. The number of hydrogen-bond acceptors (Lipinski definition) is 4. The topological polar surface area (TPSA) is 56.3 Å². The molecule has 5 heteroatoms. The highest BCUT2D eigenvalue weighted by atomic mass is 79.9. The van der Waals surface area contributed by atoms with Crippen LogP contribution in [-0.2, 0) is 9.53 Å². The Balaban J connectivity index is 2.95. The van der Waals surface area contributed by atoms with Crippen LogP contribution in [0.1, 0.15) is 17.4 Å². The van der Waals surface area contributed by atoms with Crippen LogP contribution in [0.15, 0.2) is 22.8 Å². The second kappa shape index (κ2) is 5.02. The Labute approximate surface area is 95.8 Å². The molecule has 4 nitrogen and oxygen atoms in total. The van der Waals surface area contributed by atoms with E-state index >= 15 is 0 Å². The van der Waals surface area contributed by atoms with E-state index < -0.39 is 11.9 Å². The van der Waals surface area contributed by atoms with Crippen LogP contribution in [0.3, 0.4) is 0 Å². The summed E-state index contributed by atoms with van der Waals surface area (Å²) in [5.74, 6) is -1.74. The molecule has 15 heavy (non-hydrogen) atoms. The number of methoxy groups -OCH3 is 1. The van der Waals surface area contributed by atoms with Gasteiger partial charge in [0.1, 0.15) is 11.6 Å². The van der Waals surface area contributed by atoms with Crippen LogP contribution >= 0.6 is 15.9 Å². The number of carbonyl (C=O) groups excluding carboxylic acids is 2. The number of nitrogens with zero attached hydrogens (tertiary/aromatic N) is 1. The molecule has 1 unspecified atom stereocenters. The fourth-order valence-electron chi connectivity index (χ4n) is 1.06. The molecule has 1 rings (SSSR count). The predicted octanol–water partition coefficient (Wildman–Crippen LogP) is 1.84. The lowest BCUT2D eigenvalue weighted by Gasteiger charge is -2.08. The third kappa shape index (κ3) is 2.62. The van der Waals surface area contributed by atoms with Gasteiger partial charge in [0.05, 0.1) is 7.11 Å². The fraction of sp³-hybridized carbons (Fsp3) is 0.300. The van der Waals surface area contributed by atoms with Crippen molar-refractivity contribution in [2.45, 2.75) is 6.92 Å². The standard InChI is InChI=1S/C10H10BrNO3/c1-6(10(14)15-2)9(13)8-7(11)4-3-5-12-8/h3-6H,1-2H3. The SMILES string of the molecule is COC(=O)C(C)C(=O)c1ncccc1Br. The molecular formula is C10H10BrNO3. The number of Topliss-reactive ketones (excluding diaryl/α,β-unsaturated/α-hetero) is 1. The normalized spacial score (nSPS) is 11.9. The Bertz CT molecular complexity index is 392. The second-order valence-corrected chi connectivity index (χ2v) is 3.80. The number of halogens is 1. The van der Waals surface area contributed by atoms with Crippen molar-refractivity contribution < 1.29 is 14.3 Å². The van der Waals surface area contributed by atoms with Crippen LogP contribution in [0.2, 0.25) is 0 Å². The molecule has 0 fully saturated rings. The first-order chi connectivity index (χ1) is 7.07. The number of hydrogen-bond donors (Lipinski definition) is 0. The molecule has 0 saturated carbocycles. The number of esters is 1. The van der Waals surface area contributed by atoms with Crippen LogP contribution in [0, 0.1) is 5.92 Å². The maximum absolute atomic E-state index is 11.8. The summed E-state index contributed by atoms with van der Waals surface area (Å²) in [6.45, 7) is 1.50. The van der Waals surface area contributed by atoms with E-state index in [4.69, 9.17) is 0 Å². The maximum Gasteiger partial charge on any atom is 0.316 e. The largest absolute Gasteiger partial charge is 0.468 e. The van der Waals surface area contributed by atoms with Crippen molar-refractivity contribution in [2.75, 3.05) is 7.11 Å². The maximum atomic E-state index is 11.8. The van der Waals surface area contributed by atoms with E-state index in [0.717, 1.165) is 0 Å². The third-order valence-corrected chi connectivity index (χ3v) is 2.58. The summed E-state index contributed by atoms with van der Waals surface area (Å²) >= 11 is 3.20. The van der Waals surface area contributed by atoms with Gasteiger partial charge in [-0.1, -0.05) is 0 Å². The van der Waals surface area contributed by atoms with E-state index in [1.165, 1.54) is 20.2 Å². The highest BCUT2D eigenvalue weighted by molar-refractivity contribution is 9.10. The first kappa shape index (κ1) is 11.8. The molecule has 0 amide bonds. The fourth-order valence-corrected chi connectivity index (χ4v) is 1.51. The van der Waals surface area contributed by atoms with Gasteiger partial charge in [-0.2, -0.15) is 0 Å². The molecule has 0 spiro atoms. The molecule has 0 aliphatic rings. The van der Waals surface area contributed by atoms with Gasteiger partial charge in [0, 0.05) is 10.7 Å². The Hall–Kier alpha value is -1.23. The number of pyridine rings is 1. The van der Waals surface area contributed by atoms with E-state index in [9.17, 15) is 9.59 Å². The molecule has 0 aliphatic heterocycles. The predicted molar refractivity (Wildman–Crippen MR) is 57.4 cm³/mol. The highest BCUT2D eigenvalue weighted by Crippen LogP contribution is 2.17. The number of ketones is 1. The van der Waals surface area contributed by atoms with E-state index in [2.05, 4.69) is 25.7 Å². The molecule has 1 heterocycles. The zero-order chi connectivity index (χ0) is 11.4. The lowest BCUT2D eigenvalue weighted by Crippen LogP contribution is -2.23. The molecule has 80 valence electrons. The van der Waals surface area contributed by atoms with Crippen molar-refractivity contribution in [2.24, 2.45) is 5.92 Å². The summed E-state index contributed by atoms with van der Waals surface area (Å²) in [5, 5.41) is 0. The molecule has 1 atom stereocenters. The number of carbonyl (C=O) groups is 2. The smallest absolute Gasteiger partial charge is 0.316 e. The summed E-state index contributed by atoms with van der Waals surface area (Å²) in [6, 6.07) is 3.40. The van der Waals surface area contributed by atoms with Crippen molar-refractivity contribution in [1.29, 1.82) is 0 Å². The average molecular weight is 272 g/mol. The van der Waals surface area contributed by atoms with E-state index in [1.54, 1.807) is 12.1 Å². The van der Waals surface area contributed by atoms with Crippen LogP contribution in [-0.4, -0.2) is 23.8 Å². The lowest BCUT2D eigenvalue weighted by atomic mass is 10.0. The molecule has 0 radical (unpaired) electrons. The van der Waals surface area contributed by atoms with Crippen molar-refractivity contribution in [3.63, 3.8) is 0 Å². The summed E-state index contributed by atoms with van der Waals surface area (Å²) in [4.78, 5) is 26.8. The molecule has 0 saturated heterocycles. The monoisotopic (exact) mass is 271 g/mol. The van der Waals surface area contributed by atoms with Crippen LogP contribution in [0.5, 0.6) is 0 Å². The first-order valence-corrected chi connectivity index (χ1v) is 5.09. The molecule has 0 aliphatic carbocycles. The number of rotatable bonds is 3. The third-order valence-electron chi connectivity index (χ3n) is 1.94. The molecule has 0 bridgehead atoms. The van der Waals surface area contributed by atoms with Crippen molar-refractivity contribution in [1.82, 2.24) is 4.98 Å².